The minimum Gasteiger partial charge on any atom is -0.481 e. The summed E-state index contributed by atoms with van der Waals surface area (Å²) >= 11 is 5.09. The van der Waals surface area contributed by atoms with Gasteiger partial charge in [-0.25, -0.2) is 0 Å². The lowest BCUT2D eigenvalue weighted by atomic mass is 9.86. The predicted molar refractivity (Wildman–Crippen MR) is 69.0 cm³/mol. The normalized spacial score (nSPS) is 25.3. The first-order valence-electron chi connectivity index (χ1n) is 5.38. The van der Waals surface area contributed by atoms with Gasteiger partial charge in [0.15, 0.2) is 0 Å². The van der Waals surface area contributed by atoms with Gasteiger partial charge in [0.2, 0.25) is 0 Å². The van der Waals surface area contributed by atoms with E-state index in [1.54, 1.807) is 11.3 Å². The predicted octanol–water partition coefficient (Wildman–Crippen LogP) is 3.57. The zero-order valence-corrected chi connectivity index (χ0v) is 11.2. The Labute approximate surface area is 107 Å². The van der Waals surface area contributed by atoms with Gasteiger partial charge < -0.3 is 10.4 Å². The average molecular weight is 304 g/mol. The fraction of sp³-hybridized carbons (Fsp3) is 0.545. The molecule has 0 amide bonds. The van der Waals surface area contributed by atoms with Crippen molar-refractivity contribution in [3.63, 3.8) is 0 Å². The van der Waals surface area contributed by atoms with E-state index in [9.17, 15) is 4.79 Å². The number of anilines is 1. The summed E-state index contributed by atoms with van der Waals surface area (Å²) in [6.07, 6.45) is 3.48. The highest BCUT2D eigenvalue weighted by Crippen LogP contribution is 2.30. The summed E-state index contributed by atoms with van der Waals surface area (Å²) in [4.78, 5) is 10.8. The van der Waals surface area contributed by atoms with Crippen LogP contribution in [0.1, 0.15) is 25.7 Å². The number of nitrogens with one attached hydrogen (secondary N) is 1. The summed E-state index contributed by atoms with van der Waals surface area (Å²) in [5.74, 6) is -0.773. The van der Waals surface area contributed by atoms with Gasteiger partial charge in [0.1, 0.15) is 0 Å². The Bertz CT molecular complexity index is 372. The SMILES string of the molecule is O=C(O)C1CCC(Nc2cc(Br)cs2)CC1. The molecule has 1 aromatic rings. The molecule has 1 aliphatic carbocycles. The quantitative estimate of drug-likeness (QED) is 0.897. The summed E-state index contributed by atoms with van der Waals surface area (Å²) in [5, 5.41) is 15.6. The third kappa shape index (κ3) is 2.98. The van der Waals surface area contributed by atoms with Crippen LogP contribution in [0, 0.1) is 5.92 Å². The molecule has 0 bridgehead atoms. The topological polar surface area (TPSA) is 49.3 Å². The lowest BCUT2D eigenvalue weighted by molar-refractivity contribution is -0.142. The van der Waals surface area contributed by atoms with Crippen LogP contribution in [0.5, 0.6) is 0 Å². The second kappa shape index (κ2) is 5.19. The molecule has 0 atom stereocenters. The molecular weight excluding hydrogens is 290 g/mol. The van der Waals surface area contributed by atoms with E-state index in [1.807, 2.05) is 5.38 Å². The Hall–Kier alpha value is -0.550. The fourth-order valence-electron chi connectivity index (χ4n) is 2.07. The van der Waals surface area contributed by atoms with Crippen molar-refractivity contribution < 1.29 is 9.90 Å². The van der Waals surface area contributed by atoms with Crippen LogP contribution in [-0.4, -0.2) is 17.1 Å². The number of rotatable bonds is 3. The monoisotopic (exact) mass is 303 g/mol. The van der Waals surface area contributed by atoms with Crippen LogP contribution in [0.15, 0.2) is 15.9 Å². The third-order valence-electron chi connectivity index (χ3n) is 2.99. The number of hydrogen-bond donors (Lipinski definition) is 2. The smallest absolute Gasteiger partial charge is 0.306 e. The highest BCUT2D eigenvalue weighted by atomic mass is 79.9. The summed E-state index contributed by atoms with van der Waals surface area (Å²) in [6.45, 7) is 0. The van der Waals surface area contributed by atoms with Gasteiger partial charge in [-0.2, -0.15) is 0 Å². The number of hydrogen-bond acceptors (Lipinski definition) is 3. The van der Waals surface area contributed by atoms with Crippen molar-refractivity contribution in [3.05, 3.63) is 15.9 Å². The molecule has 88 valence electrons. The number of thiophene rings is 1. The van der Waals surface area contributed by atoms with Crippen LogP contribution in [-0.2, 0) is 4.79 Å². The Balaban J connectivity index is 1.83. The molecule has 2 N–H and O–H groups in total. The lowest BCUT2D eigenvalue weighted by Crippen LogP contribution is -2.28. The van der Waals surface area contributed by atoms with Gasteiger partial charge in [0.25, 0.3) is 0 Å². The van der Waals surface area contributed by atoms with Gasteiger partial charge in [0.05, 0.1) is 10.9 Å². The maximum absolute atomic E-state index is 10.8. The lowest BCUT2D eigenvalue weighted by Gasteiger charge is -2.26. The molecule has 0 aromatic carbocycles. The fourth-order valence-corrected chi connectivity index (χ4v) is 3.47. The van der Waals surface area contributed by atoms with Gasteiger partial charge in [-0.15, -0.1) is 11.3 Å². The van der Waals surface area contributed by atoms with Gasteiger partial charge in [-0.3, -0.25) is 4.79 Å². The van der Waals surface area contributed by atoms with Crippen LogP contribution in [0.25, 0.3) is 0 Å². The van der Waals surface area contributed by atoms with E-state index >= 15 is 0 Å². The van der Waals surface area contributed by atoms with Crippen molar-refractivity contribution >= 4 is 38.2 Å². The number of carbonyl (C=O) groups is 1. The molecule has 1 aliphatic rings. The standard InChI is InChI=1S/C11H14BrNO2S/c12-8-5-10(16-6-8)13-9-3-1-7(2-4-9)11(14)15/h5-7,9,13H,1-4H2,(H,14,15). The van der Waals surface area contributed by atoms with E-state index in [-0.39, 0.29) is 5.92 Å². The first-order valence-corrected chi connectivity index (χ1v) is 7.06. The Morgan fingerprint density at radius 1 is 1.44 bits per heavy atom. The maximum Gasteiger partial charge on any atom is 0.306 e. The van der Waals surface area contributed by atoms with E-state index < -0.39 is 5.97 Å². The van der Waals surface area contributed by atoms with E-state index in [0.717, 1.165) is 35.2 Å². The Kier molecular flexibility index (Phi) is 3.86. The number of carboxylic acid groups (broad SMARTS) is 1. The second-order valence-corrected chi connectivity index (χ2v) is 5.99. The van der Waals surface area contributed by atoms with Crippen LogP contribution in [0.4, 0.5) is 5.00 Å². The van der Waals surface area contributed by atoms with Crippen molar-refractivity contribution in [2.75, 3.05) is 5.32 Å². The summed E-state index contributed by atoms with van der Waals surface area (Å²) in [7, 11) is 0. The van der Waals surface area contributed by atoms with Gasteiger partial charge in [-0.05, 0) is 47.7 Å². The number of aliphatic carboxylic acids is 1. The summed E-state index contributed by atoms with van der Waals surface area (Å²) in [5.41, 5.74) is 0. The van der Waals surface area contributed by atoms with Crippen molar-refractivity contribution in [1.29, 1.82) is 0 Å². The minimum absolute atomic E-state index is 0.131. The molecule has 5 heteroatoms. The van der Waals surface area contributed by atoms with Crippen LogP contribution in [0.2, 0.25) is 0 Å². The molecular formula is C11H14BrNO2S. The molecule has 3 nitrogen and oxygen atoms in total. The summed E-state index contributed by atoms with van der Waals surface area (Å²) < 4.78 is 1.10. The molecule has 16 heavy (non-hydrogen) atoms. The van der Waals surface area contributed by atoms with Crippen molar-refractivity contribution in [2.45, 2.75) is 31.7 Å². The van der Waals surface area contributed by atoms with Gasteiger partial charge in [-0.1, -0.05) is 0 Å². The third-order valence-corrected chi connectivity index (χ3v) is 4.61. The second-order valence-electron chi connectivity index (χ2n) is 4.16. The van der Waals surface area contributed by atoms with E-state index in [2.05, 4.69) is 27.3 Å². The number of halogens is 1. The maximum atomic E-state index is 10.8. The molecule has 1 aromatic heterocycles. The molecule has 0 saturated heterocycles. The molecule has 0 spiro atoms. The highest BCUT2D eigenvalue weighted by molar-refractivity contribution is 9.10. The van der Waals surface area contributed by atoms with Gasteiger partial charge in [0, 0.05) is 15.9 Å². The molecule has 1 saturated carbocycles. The number of carboxylic acids is 1. The van der Waals surface area contributed by atoms with Crippen LogP contribution in [0.3, 0.4) is 0 Å². The molecule has 0 unspecified atom stereocenters. The summed E-state index contributed by atoms with van der Waals surface area (Å²) in [6, 6.07) is 2.50. The molecule has 1 fully saturated rings. The molecule has 0 radical (unpaired) electrons. The van der Waals surface area contributed by atoms with Crippen LogP contribution >= 0.6 is 27.3 Å². The largest absolute Gasteiger partial charge is 0.481 e. The minimum atomic E-state index is -0.641. The zero-order chi connectivity index (χ0) is 11.5. The van der Waals surface area contributed by atoms with E-state index in [4.69, 9.17) is 5.11 Å². The Morgan fingerprint density at radius 2 is 2.12 bits per heavy atom. The Morgan fingerprint density at radius 3 is 2.62 bits per heavy atom. The zero-order valence-electron chi connectivity index (χ0n) is 8.78. The molecule has 0 aliphatic heterocycles. The van der Waals surface area contributed by atoms with Crippen molar-refractivity contribution in [1.82, 2.24) is 0 Å². The average Bonchev–Trinajstić information content (AvgIpc) is 2.65. The first kappa shape index (κ1) is 11.9. The van der Waals surface area contributed by atoms with E-state index in [0.29, 0.717) is 6.04 Å². The van der Waals surface area contributed by atoms with E-state index in [1.165, 1.54) is 0 Å². The van der Waals surface area contributed by atoms with Crippen molar-refractivity contribution in [3.8, 4) is 0 Å². The first-order chi connectivity index (χ1) is 7.65. The van der Waals surface area contributed by atoms with Crippen molar-refractivity contribution in [2.24, 2.45) is 5.92 Å². The molecule has 1 heterocycles. The molecule has 2 rings (SSSR count). The highest BCUT2D eigenvalue weighted by Gasteiger charge is 2.25. The van der Waals surface area contributed by atoms with Crippen LogP contribution < -0.4 is 5.32 Å². The van der Waals surface area contributed by atoms with Gasteiger partial charge >= 0.3 is 5.97 Å².